The van der Waals surface area contributed by atoms with Crippen LogP contribution in [0.5, 0.6) is 5.75 Å². The average molecular weight is 587 g/mol. The number of nitrogens with one attached hydrogen (secondary N) is 1. The first-order valence-electron chi connectivity index (χ1n) is 13.5. The minimum absolute atomic E-state index is 0.135. The van der Waals surface area contributed by atoms with Crippen molar-refractivity contribution in [3.05, 3.63) is 88.9 Å². The Hall–Kier alpha value is -3.52. The summed E-state index contributed by atoms with van der Waals surface area (Å²) in [6, 6.07) is 19.2. The fraction of sp³-hybridized carbons (Fsp3) is 0.375. The summed E-state index contributed by atoms with van der Waals surface area (Å²) in [4.78, 5) is 28.9. The number of ether oxygens (including phenoxy) is 1. The lowest BCUT2D eigenvalue weighted by Crippen LogP contribution is -2.55. The van der Waals surface area contributed by atoms with E-state index < -0.39 is 18.3 Å². The molecule has 1 aliphatic heterocycles. The normalized spacial score (nSPS) is 17.7. The summed E-state index contributed by atoms with van der Waals surface area (Å²) in [5.41, 5.74) is 2.30. The van der Waals surface area contributed by atoms with E-state index in [-0.39, 0.29) is 28.9 Å². The minimum atomic E-state index is -4.81. The molecule has 0 aliphatic carbocycles. The predicted molar refractivity (Wildman–Crippen MR) is 154 cm³/mol. The van der Waals surface area contributed by atoms with Gasteiger partial charge in [-0.2, -0.15) is 0 Å². The number of hydrogen-bond donors (Lipinski definition) is 1. The van der Waals surface area contributed by atoms with Crippen molar-refractivity contribution in [3.63, 3.8) is 0 Å². The summed E-state index contributed by atoms with van der Waals surface area (Å²) in [6.45, 7) is 9.18. The van der Waals surface area contributed by atoms with E-state index in [1.165, 1.54) is 23.8 Å². The predicted octanol–water partition coefficient (Wildman–Crippen LogP) is 7.70. The Morgan fingerprint density at radius 3 is 2.24 bits per heavy atom. The van der Waals surface area contributed by atoms with Crippen LogP contribution < -0.4 is 10.1 Å². The van der Waals surface area contributed by atoms with Crippen LogP contribution >= 0.6 is 11.6 Å². The van der Waals surface area contributed by atoms with Crippen LogP contribution in [0.15, 0.2) is 72.8 Å². The number of nitrogens with zero attached hydrogens (tertiary/aromatic N) is 1. The molecule has 0 spiro atoms. The lowest BCUT2D eigenvalue weighted by molar-refractivity contribution is -0.274. The van der Waals surface area contributed by atoms with Gasteiger partial charge in [0.1, 0.15) is 11.8 Å². The number of rotatable bonds is 7. The Morgan fingerprint density at radius 1 is 1.00 bits per heavy atom. The molecular weight excluding hydrogens is 553 g/mol. The summed E-state index contributed by atoms with van der Waals surface area (Å²) in [7, 11) is 0. The largest absolute Gasteiger partial charge is 0.573 e. The van der Waals surface area contributed by atoms with Crippen LogP contribution in [0, 0.1) is 11.3 Å². The van der Waals surface area contributed by atoms with Crippen LogP contribution in [0.2, 0.25) is 5.02 Å². The maximum Gasteiger partial charge on any atom is 0.573 e. The average Bonchev–Trinajstić information content (AvgIpc) is 2.90. The first-order valence-corrected chi connectivity index (χ1v) is 13.9. The highest BCUT2D eigenvalue weighted by molar-refractivity contribution is 6.30. The molecule has 1 heterocycles. The van der Waals surface area contributed by atoms with Gasteiger partial charge in [0.25, 0.3) is 5.91 Å². The van der Waals surface area contributed by atoms with Crippen molar-refractivity contribution in [2.24, 2.45) is 11.3 Å². The standard InChI is InChI=1S/C32H34ClF3N2O3/c1-20(2)28(30(40)38-16-15-27(31(3,4)19-38)21-11-13-25(33)14-12-21)37-29(39)24-9-5-7-22(17-24)23-8-6-10-26(18-23)41-32(34,35)36/h5-14,17-18,20,27-28H,15-16,19H2,1-4H3,(H,37,39)/t27-,28-/m1/s1. The molecule has 218 valence electrons. The Bertz CT molecular complexity index is 1390. The SMILES string of the molecule is CC(C)[C@@H](NC(=O)c1cccc(-c2cccc(OC(F)(F)F)c2)c1)C(=O)N1CC[C@H](c2ccc(Cl)cc2)C(C)(C)C1. The number of halogens is 4. The van der Waals surface area contributed by atoms with Crippen molar-refractivity contribution in [2.75, 3.05) is 13.1 Å². The van der Waals surface area contributed by atoms with E-state index in [9.17, 15) is 22.8 Å². The molecule has 1 fully saturated rings. The van der Waals surface area contributed by atoms with Gasteiger partial charge in [-0.05, 0) is 76.8 Å². The van der Waals surface area contributed by atoms with Gasteiger partial charge in [-0.15, -0.1) is 13.2 Å². The second-order valence-electron chi connectivity index (χ2n) is 11.5. The highest BCUT2D eigenvalue weighted by Crippen LogP contribution is 2.42. The number of likely N-dealkylation sites (tertiary alicyclic amines) is 1. The molecule has 1 N–H and O–H groups in total. The van der Waals surface area contributed by atoms with Gasteiger partial charge in [-0.25, -0.2) is 0 Å². The molecule has 41 heavy (non-hydrogen) atoms. The van der Waals surface area contributed by atoms with Gasteiger partial charge in [-0.1, -0.05) is 75.7 Å². The zero-order valence-corrected chi connectivity index (χ0v) is 24.2. The van der Waals surface area contributed by atoms with Crippen LogP contribution in [0.4, 0.5) is 13.2 Å². The minimum Gasteiger partial charge on any atom is -0.406 e. The molecule has 0 saturated carbocycles. The highest BCUT2D eigenvalue weighted by Gasteiger charge is 2.40. The third kappa shape index (κ3) is 7.61. The molecule has 9 heteroatoms. The third-order valence-electron chi connectivity index (χ3n) is 7.56. The van der Waals surface area contributed by atoms with Crippen molar-refractivity contribution >= 4 is 23.4 Å². The molecule has 2 atom stereocenters. The van der Waals surface area contributed by atoms with E-state index in [1.807, 2.05) is 43.0 Å². The lowest BCUT2D eigenvalue weighted by atomic mass is 9.70. The lowest BCUT2D eigenvalue weighted by Gasteiger charge is -2.45. The number of amides is 2. The van der Waals surface area contributed by atoms with Gasteiger partial charge in [0, 0.05) is 23.7 Å². The van der Waals surface area contributed by atoms with Crippen LogP contribution in [0.1, 0.15) is 56.0 Å². The fourth-order valence-corrected chi connectivity index (χ4v) is 5.63. The van der Waals surface area contributed by atoms with E-state index >= 15 is 0 Å². The molecular formula is C32H34ClF3N2O3. The number of piperidine rings is 1. The summed E-state index contributed by atoms with van der Waals surface area (Å²) in [6.07, 6.45) is -4.02. The molecule has 0 bridgehead atoms. The Morgan fingerprint density at radius 2 is 1.63 bits per heavy atom. The van der Waals surface area contributed by atoms with E-state index in [0.29, 0.717) is 34.8 Å². The first kappa shape index (κ1) is 30.4. The molecule has 1 aliphatic rings. The van der Waals surface area contributed by atoms with E-state index in [1.54, 1.807) is 30.3 Å². The highest BCUT2D eigenvalue weighted by atomic mass is 35.5. The van der Waals surface area contributed by atoms with Crippen LogP contribution in [0.25, 0.3) is 11.1 Å². The molecule has 0 unspecified atom stereocenters. The van der Waals surface area contributed by atoms with Crippen LogP contribution in [-0.2, 0) is 4.79 Å². The first-order chi connectivity index (χ1) is 19.2. The van der Waals surface area contributed by atoms with E-state index in [2.05, 4.69) is 23.9 Å². The quantitative estimate of drug-likeness (QED) is 0.309. The molecule has 0 aromatic heterocycles. The van der Waals surface area contributed by atoms with Crippen LogP contribution in [-0.4, -0.2) is 42.2 Å². The van der Waals surface area contributed by atoms with Gasteiger partial charge in [0.2, 0.25) is 5.91 Å². The number of carbonyl (C=O) groups excluding carboxylic acids is 2. The van der Waals surface area contributed by atoms with Crippen molar-refractivity contribution in [2.45, 2.75) is 52.4 Å². The van der Waals surface area contributed by atoms with Crippen molar-refractivity contribution in [1.82, 2.24) is 10.2 Å². The molecule has 4 rings (SSSR count). The van der Waals surface area contributed by atoms with E-state index in [0.717, 1.165) is 6.42 Å². The van der Waals surface area contributed by atoms with Gasteiger partial charge >= 0.3 is 6.36 Å². The molecule has 2 amide bonds. The van der Waals surface area contributed by atoms with Gasteiger partial charge in [0.15, 0.2) is 0 Å². The van der Waals surface area contributed by atoms with Crippen LogP contribution in [0.3, 0.4) is 0 Å². The molecule has 3 aromatic carbocycles. The third-order valence-corrected chi connectivity index (χ3v) is 7.81. The monoisotopic (exact) mass is 586 g/mol. The zero-order valence-electron chi connectivity index (χ0n) is 23.5. The Labute approximate surface area is 243 Å². The smallest absolute Gasteiger partial charge is 0.406 e. The van der Waals surface area contributed by atoms with E-state index in [4.69, 9.17) is 11.6 Å². The van der Waals surface area contributed by atoms with Crippen molar-refractivity contribution in [3.8, 4) is 16.9 Å². The molecule has 1 saturated heterocycles. The maximum absolute atomic E-state index is 13.7. The number of benzene rings is 3. The zero-order chi connectivity index (χ0) is 29.9. The molecule has 0 radical (unpaired) electrons. The Kier molecular flexibility index (Phi) is 9.02. The second-order valence-corrected chi connectivity index (χ2v) is 11.9. The summed E-state index contributed by atoms with van der Waals surface area (Å²) < 4.78 is 42.1. The van der Waals surface area contributed by atoms with Gasteiger partial charge < -0.3 is 15.0 Å². The number of alkyl halides is 3. The number of hydrogen-bond acceptors (Lipinski definition) is 3. The molecule has 5 nitrogen and oxygen atoms in total. The number of carbonyl (C=O) groups is 2. The van der Waals surface area contributed by atoms with Gasteiger partial charge in [0.05, 0.1) is 0 Å². The van der Waals surface area contributed by atoms with Crippen molar-refractivity contribution in [1.29, 1.82) is 0 Å². The maximum atomic E-state index is 13.7. The topological polar surface area (TPSA) is 58.6 Å². The van der Waals surface area contributed by atoms with Crippen molar-refractivity contribution < 1.29 is 27.5 Å². The Balaban J connectivity index is 1.47. The van der Waals surface area contributed by atoms with Gasteiger partial charge in [-0.3, -0.25) is 9.59 Å². The fourth-order valence-electron chi connectivity index (χ4n) is 5.51. The summed E-state index contributed by atoms with van der Waals surface area (Å²) >= 11 is 6.07. The molecule has 3 aromatic rings. The summed E-state index contributed by atoms with van der Waals surface area (Å²) in [5.74, 6) is -0.819. The summed E-state index contributed by atoms with van der Waals surface area (Å²) in [5, 5.41) is 3.59. The second kappa shape index (κ2) is 12.1.